The molecule has 1 aromatic rings. The molecule has 0 aliphatic heterocycles. The number of nitrogens with two attached hydrogens (primary N) is 1. The Morgan fingerprint density at radius 1 is 1.45 bits per heavy atom. The molecule has 0 aliphatic carbocycles. The van der Waals surface area contributed by atoms with Crippen LogP contribution in [-0.4, -0.2) is 31.8 Å². The van der Waals surface area contributed by atoms with Crippen LogP contribution in [0.5, 0.6) is 0 Å². The molecule has 6 heteroatoms. The maximum absolute atomic E-state index is 11.7. The second-order valence-corrected chi connectivity index (χ2v) is 5.91. The van der Waals surface area contributed by atoms with Crippen LogP contribution in [0.4, 0.5) is 11.4 Å². The van der Waals surface area contributed by atoms with Gasteiger partial charge in [0.25, 0.3) is 0 Å². The molecule has 1 amide bonds. The van der Waals surface area contributed by atoms with Gasteiger partial charge in [-0.25, -0.2) is 0 Å². The number of halogens is 1. The third kappa shape index (κ3) is 5.90. The molecular weight excluding hydrogens is 324 g/mol. The number of benzene rings is 1. The fraction of sp³-hybridized carbons (Fsp3) is 0.500. The van der Waals surface area contributed by atoms with Crippen molar-refractivity contribution in [2.75, 3.05) is 31.4 Å². The van der Waals surface area contributed by atoms with E-state index >= 15 is 0 Å². The third-order valence-corrected chi connectivity index (χ3v) is 3.56. The zero-order chi connectivity index (χ0) is 15.2. The number of rotatable bonds is 7. The molecule has 1 aromatic carbocycles. The summed E-state index contributed by atoms with van der Waals surface area (Å²) in [5.74, 6) is -0.203. The van der Waals surface area contributed by atoms with Crippen LogP contribution >= 0.6 is 15.9 Å². The zero-order valence-electron chi connectivity index (χ0n) is 12.0. The van der Waals surface area contributed by atoms with Gasteiger partial charge in [0.1, 0.15) is 6.61 Å². The minimum absolute atomic E-state index is 0.0105. The number of ether oxygens (including phenoxy) is 2. The standard InChI is InChI=1S/C14H21BrN2O3/c1-14(2,19-3)6-7-20-9-13(18)17-12-5-4-10(16)8-11(12)15/h4-5,8H,6-7,9,16H2,1-3H3,(H,17,18). The first kappa shape index (κ1) is 16.9. The monoisotopic (exact) mass is 344 g/mol. The average Bonchev–Trinajstić information content (AvgIpc) is 2.38. The highest BCUT2D eigenvalue weighted by atomic mass is 79.9. The molecule has 0 heterocycles. The van der Waals surface area contributed by atoms with E-state index in [1.807, 2.05) is 13.8 Å². The van der Waals surface area contributed by atoms with Crippen LogP contribution in [0.3, 0.4) is 0 Å². The molecule has 0 fully saturated rings. The van der Waals surface area contributed by atoms with E-state index in [2.05, 4.69) is 21.2 Å². The molecular formula is C14H21BrN2O3. The molecule has 0 bridgehead atoms. The van der Waals surface area contributed by atoms with Crippen LogP contribution in [0.1, 0.15) is 20.3 Å². The number of hydrogen-bond donors (Lipinski definition) is 2. The Balaban J connectivity index is 2.34. The average molecular weight is 345 g/mol. The molecule has 0 atom stereocenters. The Bertz CT molecular complexity index is 464. The van der Waals surface area contributed by atoms with Gasteiger partial charge >= 0.3 is 0 Å². The molecule has 0 unspecified atom stereocenters. The Hall–Kier alpha value is -1.11. The first-order chi connectivity index (χ1) is 9.34. The van der Waals surface area contributed by atoms with Crippen molar-refractivity contribution < 1.29 is 14.3 Å². The number of nitrogens with one attached hydrogen (secondary N) is 1. The van der Waals surface area contributed by atoms with E-state index in [-0.39, 0.29) is 18.1 Å². The molecule has 5 nitrogen and oxygen atoms in total. The van der Waals surface area contributed by atoms with Crippen LogP contribution in [0.25, 0.3) is 0 Å². The Morgan fingerprint density at radius 2 is 2.15 bits per heavy atom. The number of anilines is 2. The highest BCUT2D eigenvalue weighted by Gasteiger charge is 2.16. The van der Waals surface area contributed by atoms with Crippen LogP contribution in [0.15, 0.2) is 22.7 Å². The summed E-state index contributed by atoms with van der Waals surface area (Å²) in [6.45, 7) is 4.43. The summed E-state index contributed by atoms with van der Waals surface area (Å²) < 4.78 is 11.3. The second kappa shape index (κ2) is 7.61. The van der Waals surface area contributed by atoms with Crippen LogP contribution in [-0.2, 0) is 14.3 Å². The van der Waals surface area contributed by atoms with Gasteiger partial charge in [-0.3, -0.25) is 4.79 Å². The van der Waals surface area contributed by atoms with E-state index in [1.165, 1.54) is 0 Å². The highest BCUT2D eigenvalue weighted by molar-refractivity contribution is 9.10. The van der Waals surface area contributed by atoms with E-state index in [0.29, 0.717) is 18.0 Å². The Morgan fingerprint density at radius 3 is 2.75 bits per heavy atom. The lowest BCUT2D eigenvalue weighted by Gasteiger charge is -2.22. The largest absolute Gasteiger partial charge is 0.399 e. The normalized spacial score (nSPS) is 11.4. The van der Waals surface area contributed by atoms with Gasteiger partial charge in [0, 0.05) is 23.9 Å². The summed E-state index contributed by atoms with van der Waals surface area (Å²) in [4.78, 5) is 11.7. The minimum atomic E-state index is -0.240. The number of methoxy groups -OCH3 is 1. The first-order valence-electron chi connectivity index (χ1n) is 6.32. The predicted octanol–water partition coefficient (Wildman–Crippen LogP) is 2.80. The number of hydrogen-bond acceptors (Lipinski definition) is 4. The molecule has 1 rings (SSSR count). The van der Waals surface area contributed by atoms with Gasteiger partial charge < -0.3 is 20.5 Å². The summed E-state index contributed by atoms with van der Waals surface area (Å²) in [7, 11) is 1.66. The molecule has 0 aromatic heterocycles. The summed E-state index contributed by atoms with van der Waals surface area (Å²) in [6.07, 6.45) is 0.725. The van der Waals surface area contributed by atoms with Crippen molar-refractivity contribution in [2.45, 2.75) is 25.9 Å². The van der Waals surface area contributed by atoms with Crippen molar-refractivity contribution >= 4 is 33.2 Å². The summed E-state index contributed by atoms with van der Waals surface area (Å²) in [5, 5.41) is 2.75. The molecule has 0 radical (unpaired) electrons. The minimum Gasteiger partial charge on any atom is -0.399 e. The zero-order valence-corrected chi connectivity index (χ0v) is 13.6. The maximum atomic E-state index is 11.7. The van der Waals surface area contributed by atoms with Crippen LogP contribution in [0.2, 0.25) is 0 Å². The van der Waals surface area contributed by atoms with Gasteiger partial charge in [-0.05, 0) is 54.4 Å². The fourth-order valence-corrected chi connectivity index (χ4v) is 1.90. The predicted molar refractivity (Wildman–Crippen MR) is 83.7 cm³/mol. The Kier molecular flexibility index (Phi) is 6.45. The smallest absolute Gasteiger partial charge is 0.250 e. The topological polar surface area (TPSA) is 73.6 Å². The molecule has 0 saturated heterocycles. The number of nitrogen functional groups attached to an aromatic ring is 1. The van der Waals surface area contributed by atoms with E-state index < -0.39 is 0 Å². The van der Waals surface area contributed by atoms with Crippen molar-refractivity contribution in [3.8, 4) is 0 Å². The summed E-state index contributed by atoms with van der Waals surface area (Å²) in [5.41, 5.74) is 6.70. The van der Waals surface area contributed by atoms with Crippen LogP contribution in [0, 0.1) is 0 Å². The van der Waals surface area contributed by atoms with E-state index in [9.17, 15) is 4.79 Å². The van der Waals surface area contributed by atoms with Gasteiger partial charge in [-0.2, -0.15) is 0 Å². The Labute approximate surface area is 127 Å². The lowest BCUT2D eigenvalue weighted by Crippen LogP contribution is -2.26. The molecule has 0 saturated carbocycles. The maximum Gasteiger partial charge on any atom is 0.250 e. The quantitative estimate of drug-likeness (QED) is 0.589. The van der Waals surface area contributed by atoms with Crippen molar-refractivity contribution in [1.29, 1.82) is 0 Å². The number of amides is 1. The van der Waals surface area contributed by atoms with Gasteiger partial charge in [0.05, 0.1) is 11.3 Å². The van der Waals surface area contributed by atoms with Crippen molar-refractivity contribution in [2.24, 2.45) is 0 Å². The van der Waals surface area contributed by atoms with E-state index in [1.54, 1.807) is 25.3 Å². The van der Waals surface area contributed by atoms with Crippen molar-refractivity contribution in [3.05, 3.63) is 22.7 Å². The highest BCUT2D eigenvalue weighted by Crippen LogP contribution is 2.24. The van der Waals surface area contributed by atoms with Gasteiger partial charge in [-0.1, -0.05) is 0 Å². The fourth-order valence-electron chi connectivity index (χ4n) is 1.40. The van der Waals surface area contributed by atoms with E-state index in [4.69, 9.17) is 15.2 Å². The lowest BCUT2D eigenvalue weighted by atomic mass is 10.1. The molecule has 112 valence electrons. The van der Waals surface area contributed by atoms with Crippen molar-refractivity contribution in [1.82, 2.24) is 0 Å². The summed E-state index contributed by atoms with van der Waals surface area (Å²) >= 11 is 3.34. The second-order valence-electron chi connectivity index (χ2n) is 5.05. The summed E-state index contributed by atoms with van der Waals surface area (Å²) in [6, 6.07) is 5.20. The van der Waals surface area contributed by atoms with E-state index in [0.717, 1.165) is 10.9 Å². The van der Waals surface area contributed by atoms with Gasteiger partial charge in [0.15, 0.2) is 0 Å². The van der Waals surface area contributed by atoms with Crippen molar-refractivity contribution in [3.63, 3.8) is 0 Å². The first-order valence-corrected chi connectivity index (χ1v) is 7.11. The van der Waals surface area contributed by atoms with Gasteiger partial charge in [-0.15, -0.1) is 0 Å². The molecule has 0 spiro atoms. The number of carbonyl (C=O) groups is 1. The number of carbonyl (C=O) groups excluding carboxylic acids is 1. The third-order valence-electron chi connectivity index (χ3n) is 2.90. The van der Waals surface area contributed by atoms with Gasteiger partial charge in [0.2, 0.25) is 5.91 Å². The molecule has 0 aliphatic rings. The molecule has 3 N–H and O–H groups in total. The van der Waals surface area contributed by atoms with Crippen LogP contribution < -0.4 is 11.1 Å². The lowest BCUT2D eigenvalue weighted by molar-refractivity contribution is -0.121. The SMILES string of the molecule is COC(C)(C)CCOCC(=O)Nc1ccc(N)cc1Br. The molecule has 20 heavy (non-hydrogen) atoms.